The standard InChI is InChI=1S/C18H29N3O2/c1-5-21(6-2)12-11-19-18(23)13-17(20-15(4)22)16-9-7-14(3)8-10-16/h7-10,17H,5-6,11-13H2,1-4H3,(H,19,23)(H,20,22). The highest BCUT2D eigenvalue weighted by molar-refractivity contribution is 5.79. The van der Waals surface area contributed by atoms with Crippen LogP contribution in [0.2, 0.25) is 0 Å². The number of aryl methyl sites for hydroxylation is 1. The molecule has 1 aromatic carbocycles. The maximum absolute atomic E-state index is 12.2. The van der Waals surface area contributed by atoms with Crippen LogP contribution >= 0.6 is 0 Å². The van der Waals surface area contributed by atoms with Gasteiger partial charge in [0.15, 0.2) is 0 Å². The first-order valence-electron chi connectivity index (χ1n) is 8.29. The predicted molar refractivity (Wildman–Crippen MR) is 93.2 cm³/mol. The summed E-state index contributed by atoms with van der Waals surface area (Å²) in [6.45, 7) is 11.1. The number of nitrogens with one attached hydrogen (secondary N) is 2. The molecule has 5 heteroatoms. The Morgan fingerprint density at radius 2 is 1.74 bits per heavy atom. The van der Waals surface area contributed by atoms with E-state index in [1.54, 1.807) is 0 Å². The summed E-state index contributed by atoms with van der Waals surface area (Å²) in [6.07, 6.45) is 0.251. The molecule has 0 radical (unpaired) electrons. The van der Waals surface area contributed by atoms with E-state index >= 15 is 0 Å². The van der Waals surface area contributed by atoms with Crippen molar-refractivity contribution in [1.29, 1.82) is 0 Å². The fraction of sp³-hybridized carbons (Fsp3) is 0.556. The smallest absolute Gasteiger partial charge is 0.222 e. The molecule has 0 spiro atoms. The van der Waals surface area contributed by atoms with E-state index in [1.165, 1.54) is 6.92 Å². The largest absolute Gasteiger partial charge is 0.355 e. The van der Waals surface area contributed by atoms with E-state index in [4.69, 9.17) is 0 Å². The fourth-order valence-corrected chi connectivity index (χ4v) is 2.45. The number of benzene rings is 1. The van der Waals surface area contributed by atoms with Crippen LogP contribution in [-0.4, -0.2) is 42.9 Å². The van der Waals surface area contributed by atoms with Gasteiger partial charge in [-0.3, -0.25) is 9.59 Å². The van der Waals surface area contributed by atoms with Crippen LogP contribution in [0.5, 0.6) is 0 Å². The quantitative estimate of drug-likeness (QED) is 0.732. The molecule has 0 saturated carbocycles. The zero-order valence-corrected chi connectivity index (χ0v) is 14.7. The second kappa shape index (κ2) is 10.0. The lowest BCUT2D eigenvalue weighted by atomic mass is 10.0. The molecule has 2 amide bonds. The maximum atomic E-state index is 12.2. The molecule has 1 rings (SSSR count). The SMILES string of the molecule is CCN(CC)CCNC(=O)CC(NC(C)=O)c1ccc(C)cc1. The highest BCUT2D eigenvalue weighted by Gasteiger charge is 2.17. The van der Waals surface area contributed by atoms with E-state index in [0.29, 0.717) is 6.54 Å². The van der Waals surface area contributed by atoms with Gasteiger partial charge in [-0.05, 0) is 25.6 Å². The second-order valence-electron chi connectivity index (χ2n) is 5.74. The topological polar surface area (TPSA) is 61.4 Å². The van der Waals surface area contributed by atoms with Crippen LogP contribution in [-0.2, 0) is 9.59 Å². The normalized spacial score (nSPS) is 12.0. The van der Waals surface area contributed by atoms with Crippen molar-refractivity contribution in [3.05, 3.63) is 35.4 Å². The third kappa shape index (κ3) is 7.28. The molecule has 5 nitrogen and oxygen atoms in total. The highest BCUT2D eigenvalue weighted by atomic mass is 16.2. The summed E-state index contributed by atoms with van der Waals surface area (Å²) in [5.74, 6) is -0.178. The predicted octanol–water partition coefficient (Wildman–Crippen LogP) is 2.02. The van der Waals surface area contributed by atoms with Crippen LogP contribution in [0.3, 0.4) is 0 Å². The molecule has 1 unspecified atom stereocenters. The van der Waals surface area contributed by atoms with Crippen molar-refractivity contribution in [2.75, 3.05) is 26.2 Å². The lowest BCUT2D eigenvalue weighted by Crippen LogP contribution is -2.37. The average Bonchev–Trinajstić information content (AvgIpc) is 2.51. The summed E-state index contributed by atoms with van der Waals surface area (Å²) in [5.41, 5.74) is 2.10. The zero-order chi connectivity index (χ0) is 17.2. The first-order chi connectivity index (χ1) is 11.0. The van der Waals surface area contributed by atoms with E-state index in [-0.39, 0.29) is 24.3 Å². The molecule has 2 N–H and O–H groups in total. The molecular formula is C18H29N3O2. The number of carbonyl (C=O) groups excluding carboxylic acids is 2. The second-order valence-corrected chi connectivity index (χ2v) is 5.74. The van der Waals surface area contributed by atoms with Crippen molar-refractivity contribution in [1.82, 2.24) is 15.5 Å². The molecule has 0 aliphatic heterocycles. The molecule has 1 atom stereocenters. The van der Waals surface area contributed by atoms with Gasteiger partial charge < -0.3 is 15.5 Å². The number of carbonyl (C=O) groups is 2. The molecule has 0 bridgehead atoms. The van der Waals surface area contributed by atoms with Crippen molar-refractivity contribution in [3.63, 3.8) is 0 Å². The van der Waals surface area contributed by atoms with Gasteiger partial charge in [0.1, 0.15) is 0 Å². The van der Waals surface area contributed by atoms with Crippen LogP contribution in [0.25, 0.3) is 0 Å². The summed E-state index contributed by atoms with van der Waals surface area (Å²) in [6, 6.07) is 7.60. The van der Waals surface area contributed by atoms with Crippen molar-refractivity contribution < 1.29 is 9.59 Å². The number of hydrogen-bond acceptors (Lipinski definition) is 3. The number of likely N-dealkylation sites (N-methyl/N-ethyl adjacent to an activating group) is 1. The Bertz CT molecular complexity index is 495. The Labute approximate surface area is 139 Å². The van der Waals surface area contributed by atoms with Gasteiger partial charge in [-0.25, -0.2) is 0 Å². The molecule has 128 valence electrons. The third-order valence-electron chi connectivity index (χ3n) is 3.89. The number of nitrogens with zero attached hydrogens (tertiary/aromatic N) is 1. The molecule has 0 aliphatic rings. The van der Waals surface area contributed by atoms with Gasteiger partial charge in [-0.1, -0.05) is 43.7 Å². The molecule has 0 aromatic heterocycles. The van der Waals surface area contributed by atoms with Crippen molar-refractivity contribution in [3.8, 4) is 0 Å². The van der Waals surface area contributed by atoms with E-state index in [9.17, 15) is 9.59 Å². The van der Waals surface area contributed by atoms with Crippen molar-refractivity contribution in [2.45, 2.75) is 40.2 Å². The third-order valence-corrected chi connectivity index (χ3v) is 3.89. The summed E-state index contributed by atoms with van der Waals surface area (Å²) < 4.78 is 0. The summed E-state index contributed by atoms with van der Waals surface area (Å²) in [4.78, 5) is 25.8. The molecule has 23 heavy (non-hydrogen) atoms. The molecule has 0 aliphatic carbocycles. The maximum Gasteiger partial charge on any atom is 0.222 e. The monoisotopic (exact) mass is 319 g/mol. The van der Waals surface area contributed by atoms with Gasteiger partial charge in [-0.15, -0.1) is 0 Å². The molecular weight excluding hydrogens is 290 g/mol. The van der Waals surface area contributed by atoms with Crippen LogP contribution in [0.4, 0.5) is 0 Å². The van der Waals surface area contributed by atoms with Gasteiger partial charge in [-0.2, -0.15) is 0 Å². The Morgan fingerprint density at radius 3 is 2.26 bits per heavy atom. The van der Waals surface area contributed by atoms with E-state index in [1.807, 2.05) is 31.2 Å². The van der Waals surface area contributed by atoms with E-state index < -0.39 is 0 Å². The minimum absolute atomic E-state index is 0.0449. The summed E-state index contributed by atoms with van der Waals surface area (Å²) in [5, 5.41) is 5.79. The van der Waals surface area contributed by atoms with Gasteiger partial charge >= 0.3 is 0 Å². The average molecular weight is 319 g/mol. The van der Waals surface area contributed by atoms with Gasteiger partial charge in [0.05, 0.1) is 12.5 Å². The lowest BCUT2D eigenvalue weighted by Gasteiger charge is -2.20. The minimum Gasteiger partial charge on any atom is -0.355 e. The first kappa shape index (κ1) is 19.2. The van der Waals surface area contributed by atoms with Crippen molar-refractivity contribution in [2.24, 2.45) is 0 Å². The highest BCUT2D eigenvalue weighted by Crippen LogP contribution is 2.17. The number of amides is 2. The minimum atomic E-state index is -0.290. The van der Waals surface area contributed by atoms with Crippen molar-refractivity contribution >= 4 is 11.8 Å². The van der Waals surface area contributed by atoms with Crippen LogP contribution in [0, 0.1) is 6.92 Å². The molecule has 1 aromatic rings. The Balaban J connectivity index is 2.57. The first-order valence-corrected chi connectivity index (χ1v) is 8.29. The van der Waals surface area contributed by atoms with Gasteiger partial charge in [0.25, 0.3) is 0 Å². The zero-order valence-electron chi connectivity index (χ0n) is 14.7. The lowest BCUT2D eigenvalue weighted by molar-refractivity contribution is -0.122. The Hall–Kier alpha value is -1.88. The number of hydrogen-bond donors (Lipinski definition) is 2. The molecule has 0 heterocycles. The fourth-order valence-electron chi connectivity index (χ4n) is 2.45. The number of rotatable bonds is 9. The molecule has 0 saturated heterocycles. The van der Waals surface area contributed by atoms with E-state index in [0.717, 1.165) is 30.8 Å². The summed E-state index contributed by atoms with van der Waals surface area (Å²) in [7, 11) is 0. The summed E-state index contributed by atoms with van der Waals surface area (Å²) >= 11 is 0. The molecule has 0 fully saturated rings. The van der Waals surface area contributed by atoms with Crippen LogP contribution in [0.1, 0.15) is 44.4 Å². The Morgan fingerprint density at radius 1 is 1.13 bits per heavy atom. The van der Waals surface area contributed by atoms with Gasteiger partial charge in [0, 0.05) is 20.0 Å². The van der Waals surface area contributed by atoms with Crippen LogP contribution in [0.15, 0.2) is 24.3 Å². The Kier molecular flexibility index (Phi) is 8.33. The van der Waals surface area contributed by atoms with Crippen LogP contribution < -0.4 is 10.6 Å². The van der Waals surface area contributed by atoms with E-state index in [2.05, 4.69) is 29.4 Å². The van der Waals surface area contributed by atoms with Gasteiger partial charge in [0.2, 0.25) is 11.8 Å².